The zero-order valence-corrected chi connectivity index (χ0v) is 7.75. The second-order valence-electron chi connectivity index (χ2n) is 2.72. The third-order valence-electron chi connectivity index (χ3n) is 1.60. The highest BCUT2D eigenvalue weighted by Crippen LogP contribution is 1.99. The van der Waals surface area contributed by atoms with E-state index in [0.717, 1.165) is 0 Å². The third-order valence-corrected chi connectivity index (χ3v) is 1.60. The van der Waals surface area contributed by atoms with Gasteiger partial charge in [-0.3, -0.25) is 24.7 Å². The van der Waals surface area contributed by atoms with Crippen LogP contribution in [0, 0.1) is 6.92 Å². The van der Waals surface area contributed by atoms with Gasteiger partial charge in [0.25, 0.3) is 5.56 Å². The van der Waals surface area contributed by atoms with Gasteiger partial charge in [0.1, 0.15) is 5.69 Å². The summed E-state index contributed by atoms with van der Waals surface area (Å²) >= 11 is 0. The van der Waals surface area contributed by atoms with Crippen LogP contribution in [0.2, 0.25) is 0 Å². The summed E-state index contributed by atoms with van der Waals surface area (Å²) in [5.41, 5.74) is -0.183. The van der Waals surface area contributed by atoms with Gasteiger partial charge < -0.3 is 0 Å². The Balaban J connectivity index is 3.23. The van der Waals surface area contributed by atoms with E-state index in [-0.39, 0.29) is 23.1 Å². The lowest BCUT2D eigenvalue weighted by Crippen LogP contribution is -2.19. The quantitative estimate of drug-likeness (QED) is 0.642. The Morgan fingerprint density at radius 2 is 2.21 bits per heavy atom. The van der Waals surface area contributed by atoms with E-state index in [1.165, 1.54) is 13.8 Å². The number of carbonyl (C=O) groups is 2. The molecule has 1 rings (SSSR count). The number of amides is 1. The molecule has 0 bridgehead atoms. The lowest BCUT2D eigenvalue weighted by atomic mass is 10.3. The van der Waals surface area contributed by atoms with Gasteiger partial charge in [-0.25, -0.2) is 4.98 Å². The van der Waals surface area contributed by atoms with Crippen molar-refractivity contribution in [2.24, 2.45) is 0 Å². The van der Waals surface area contributed by atoms with Crippen molar-refractivity contribution < 1.29 is 9.59 Å². The van der Waals surface area contributed by atoms with Crippen LogP contribution < -0.4 is 10.9 Å². The lowest BCUT2D eigenvalue weighted by molar-refractivity contribution is -0.114. The maximum atomic E-state index is 11.2. The van der Waals surface area contributed by atoms with Crippen LogP contribution in [0.15, 0.2) is 4.79 Å². The minimum atomic E-state index is -0.439. The number of H-pyrrole nitrogens is 1. The molecular formula is C8H9N3O3. The highest BCUT2D eigenvalue weighted by molar-refractivity contribution is 5.87. The highest BCUT2D eigenvalue weighted by atomic mass is 16.2. The Labute approximate surface area is 79.4 Å². The van der Waals surface area contributed by atoms with Gasteiger partial charge in [-0.15, -0.1) is 0 Å². The Morgan fingerprint density at radius 3 is 2.71 bits per heavy atom. The number of nitrogens with one attached hydrogen (secondary N) is 2. The van der Waals surface area contributed by atoms with E-state index in [4.69, 9.17) is 0 Å². The molecule has 0 saturated carbocycles. The standard InChI is InChI=1S/C8H9N3O3/c1-4-6(3-12)10-8(9-5(2)13)11-7(4)14/h3H,1-2H3,(H2,9,10,11,13,14). The molecule has 6 nitrogen and oxygen atoms in total. The van der Waals surface area contributed by atoms with Crippen molar-refractivity contribution >= 4 is 18.1 Å². The zero-order chi connectivity index (χ0) is 10.7. The van der Waals surface area contributed by atoms with Crippen LogP contribution in [0.4, 0.5) is 5.95 Å². The molecule has 0 aliphatic carbocycles. The van der Waals surface area contributed by atoms with Crippen molar-refractivity contribution in [3.05, 3.63) is 21.6 Å². The summed E-state index contributed by atoms with van der Waals surface area (Å²) in [5, 5.41) is 2.28. The third kappa shape index (κ3) is 2.03. The van der Waals surface area contributed by atoms with E-state index in [2.05, 4.69) is 15.3 Å². The number of nitrogens with zero attached hydrogens (tertiary/aromatic N) is 1. The maximum absolute atomic E-state index is 11.2. The lowest BCUT2D eigenvalue weighted by Gasteiger charge is -2.02. The van der Waals surface area contributed by atoms with Crippen LogP contribution in [0.5, 0.6) is 0 Å². The summed E-state index contributed by atoms with van der Waals surface area (Å²) in [6, 6.07) is 0. The van der Waals surface area contributed by atoms with Gasteiger partial charge in [-0.2, -0.15) is 0 Å². The van der Waals surface area contributed by atoms with Crippen LogP contribution in [0.1, 0.15) is 23.0 Å². The summed E-state index contributed by atoms with van der Waals surface area (Å²) in [7, 11) is 0. The molecule has 0 radical (unpaired) electrons. The first-order valence-electron chi connectivity index (χ1n) is 3.88. The van der Waals surface area contributed by atoms with Crippen molar-refractivity contribution in [3.8, 4) is 0 Å². The predicted octanol–water partition coefficient (Wildman–Crippen LogP) is -0.151. The van der Waals surface area contributed by atoms with Crippen molar-refractivity contribution in [1.29, 1.82) is 0 Å². The Bertz CT molecular complexity index is 436. The average molecular weight is 195 g/mol. The summed E-state index contributed by atoms with van der Waals surface area (Å²) in [5.74, 6) is -0.385. The Kier molecular flexibility index (Phi) is 2.76. The summed E-state index contributed by atoms with van der Waals surface area (Å²) in [6.45, 7) is 2.76. The number of rotatable bonds is 2. The normalized spacial score (nSPS) is 9.57. The summed E-state index contributed by atoms with van der Waals surface area (Å²) in [4.78, 5) is 38.4. The van der Waals surface area contributed by atoms with Gasteiger partial charge >= 0.3 is 0 Å². The second-order valence-corrected chi connectivity index (χ2v) is 2.72. The molecule has 0 aliphatic heterocycles. The number of anilines is 1. The first-order chi connectivity index (χ1) is 6.54. The first kappa shape index (κ1) is 10.1. The molecule has 6 heteroatoms. The molecule has 1 aromatic heterocycles. The molecule has 0 atom stereocenters. The van der Waals surface area contributed by atoms with E-state index in [9.17, 15) is 14.4 Å². The molecule has 2 N–H and O–H groups in total. The fraction of sp³-hybridized carbons (Fsp3) is 0.250. The predicted molar refractivity (Wildman–Crippen MR) is 49.3 cm³/mol. The van der Waals surface area contributed by atoms with Gasteiger partial charge in [0.15, 0.2) is 6.29 Å². The molecule has 1 aromatic rings. The molecule has 0 unspecified atom stereocenters. The molecular weight excluding hydrogens is 186 g/mol. The Morgan fingerprint density at radius 1 is 1.57 bits per heavy atom. The van der Waals surface area contributed by atoms with Gasteiger partial charge in [0.05, 0.1) is 0 Å². The molecule has 1 heterocycles. The average Bonchev–Trinajstić information content (AvgIpc) is 2.10. The molecule has 14 heavy (non-hydrogen) atoms. The van der Waals surface area contributed by atoms with Gasteiger partial charge in [0.2, 0.25) is 11.9 Å². The summed E-state index contributed by atoms with van der Waals surface area (Å²) < 4.78 is 0. The molecule has 74 valence electrons. The Hall–Kier alpha value is -1.98. The number of aromatic nitrogens is 2. The van der Waals surface area contributed by atoms with Gasteiger partial charge in [-0.05, 0) is 6.92 Å². The van der Waals surface area contributed by atoms with Crippen LogP contribution in [0.25, 0.3) is 0 Å². The van der Waals surface area contributed by atoms with Gasteiger partial charge in [0, 0.05) is 12.5 Å². The topological polar surface area (TPSA) is 91.9 Å². The van der Waals surface area contributed by atoms with E-state index in [0.29, 0.717) is 6.29 Å². The number of aldehydes is 1. The maximum Gasteiger partial charge on any atom is 0.255 e. The minimum absolute atomic E-state index is 0.0183. The molecule has 0 aliphatic rings. The SMILES string of the molecule is CC(=O)Nc1nc(C=O)c(C)c(=O)[nH]1. The van der Waals surface area contributed by atoms with Gasteiger partial charge in [-0.1, -0.05) is 0 Å². The molecule has 0 saturated heterocycles. The van der Waals surface area contributed by atoms with Crippen LogP contribution in [-0.2, 0) is 4.79 Å². The minimum Gasteiger partial charge on any atom is -0.296 e. The van der Waals surface area contributed by atoms with E-state index in [1.807, 2.05) is 0 Å². The fourth-order valence-corrected chi connectivity index (χ4v) is 0.891. The number of aromatic amines is 1. The van der Waals surface area contributed by atoms with Crippen molar-refractivity contribution in [2.45, 2.75) is 13.8 Å². The number of carbonyl (C=O) groups excluding carboxylic acids is 2. The monoisotopic (exact) mass is 195 g/mol. The van der Waals surface area contributed by atoms with Crippen molar-refractivity contribution in [3.63, 3.8) is 0 Å². The fourth-order valence-electron chi connectivity index (χ4n) is 0.891. The molecule has 0 fully saturated rings. The van der Waals surface area contributed by atoms with E-state index in [1.54, 1.807) is 0 Å². The van der Waals surface area contributed by atoms with Crippen molar-refractivity contribution in [2.75, 3.05) is 5.32 Å². The second kappa shape index (κ2) is 3.82. The van der Waals surface area contributed by atoms with Crippen LogP contribution in [0.3, 0.4) is 0 Å². The van der Waals surface area contributed by atoms with Crippen molar-refractivity contribution in [1.82, 2.24) is 9.97 Å². The zero-order valence-electron chi connectivity index (χ0n) is 7.75. The largest absolute Gasteiger partial charge is 0.296 e. The number of hydrogen-bond donors (Lipinski definition) is 2. The van der Waals surface area contributed by atoms with E-state index >= 15 is 0 Å². The highest BCUT2D eigenvalue weighted by Gasteiger charge is 2.06. The molecule has 1 amide bonds. The number of hydrogen-bond acceptors (Lipinski definition) is 4. The smallest absolute Gasteiger partial charge is 0.255 e. The first-order valence-corrected chi connectivity index (χ1v) is 3.88. The molecule has 0 aromatic carbocycles. The molecule has 0 spiro atoms. The van der Waals surface area contributed by atoms with Crippen LogP contribution >= 0.6 is 0 Å². The van der Waals surface area contributed by atoms with E-state index < -0.39 is 5.56 Å². The van der Waals surface area contributed by atoms with Crippen LogP contribution in [-0.4, -0.2) is 22.2 Å². The summed E-state index contributed by atoms with van der Waals surface area (Å²) in [6.07, 6.45) is 0.468.